The Kier molecular flexibility index (Phi) is 6.75. The Hall–Kier alpha value is -1.66. The second kappa shape index (κ2) is 8.43. The fourth-order valence-corrected chi connectivity index (χ4v) is 1.21. The van der Waals surface area contributed by atoms with Gasteiger partial charge in [0, 0.05) is 19.2 Å². The molecule has 100 valence electrons. The van der Waals surface area contributed by atoms with Crippen molar-refractivity contribution in [3.8, 4) is 0 Å². The van der Waals surface area contributed by atoms with Crippen molar-refractivity contribution >= 4 is 6.03 Å². The summed E-state index contributed by atoms with van der Waals surface area (Å²) in [5, 5.41) is 5.01. The Morgan fingerprint density at radius 2 is 2.06 bits per heavy atom. The molecule has 2 amide bonds. The van der Waals surface area contributed by atoms with Crippen molar-refractivity contribution in [3.63, 3.8) is 0 Å². The van der Waals surface area contributed by atoms with Crippen molar-refractivity contribution < 1.29 is 18.7 Å². The van der Waals surface area contributed by atoms with Gasteiger partial charge < -0.3 is 20.1 Å². The number of carbonyl (C=O) groups excluding carboxylic acids is 1. The molecule has 0 spiro atoms. The van der Waals surface area contributed by atoms with Crippen LogP contribution in [0, 0.1) is 5.82 Å². The van der Waals surface area contributed by atoms with Gasteiger partial charge >= 0.3 is 6.03 Å². The lowest BCUT2D eigenvalue weighted by atomic mass is 10.2. The molecule has 1 aromatic carbocycles. The van der Waals surface area contributed by atoms with Gasteiger partial charge in [0.15, 0.2) is 0 Å². The zero-order chi connectivity index (χ0) is 13.2. The quantitative estimate of drug-likeness (QED) is 0.570. The van der Waals surface area contributed by atoms with Crippen LogP contribution in [0.4, 0.5) is 9.18 Å². The highest BCUT2D eigenvalue weighted by Gasteiger charge is 2.03. The normalized spacial score (nSPS) is 10.1. The molecule has 5 nitrogen and oxygen atoms in total. The van der Waals surface area contributed by atoms with Crippen molar-refractivity contribution in [2.75, 3.05) is 27.1 Å². The number of rotatable bonds is 7. The van der Waals surface area contributed by atoms with Crippen LogP contribution in [-0.2, 0) is 16.0 Å². The molecule has 0 atom stereocenters. The van der Waals surface area contributed by atoms with Gasteiger partial charge in [0.25, 0.3) is 0 Å². The highest BCUT2D eigenvalue weighted by Crippen LogP contribution is 2.04. The van der Waals surface area contributed by atoms with Gasteiger partial charge in [-0.05, 0) is 6.07 Å². The molecule has 0 heterocycles. The van der Waals surface area contributed by atoms with E-state index in [1.54, 1.807) is 25.3 Å². The van der Waals surface area contributed by atoms with Crippen LogP contribution in [0.2, 0.25) is 0 Å². The largest absolute Gasteiger partial charge is 0.382 e. The van der Waals surface area contributed by atoms with Crippen LogP contribution < -0.4 is 10.6 Å². The van der Waals surface area contributed by atoms with E-state index in [1.807, 2.05) is 0 Å². The van der Waals surface area contributed by atoms with E-state index < -0.39 is 6.03 Å². The summed E-state index contributed by atoms with van der Waals surface area (Å²) in [5.74, 6) is -0.339. The predicted octanol–water partition coefficient (Wildman–Crippen LogP) is 1.25. The lowest BCUT2D eigenvalue weighted by molar-refractivity contribution is 0.0642. The molecule has 0 aliphatic heterocycles. The second-order valence-corrected chi connectivity index (χ2v) is 3.50. The number of methoxy groups -OCH3 is 1. The maximum Gasteiger partial charge on any atom is 0.316 e. The van der Waals surface area contributed by atoms with Gasteiger partial charge in [-0.25, -0.2) is 9.18 Å². The smallest absolute Gasteiger partial charge is 0.316 e. The van der Waals surface area contributed by atoms with Crippen molar-refractivity contribution in [1.82, 2.24) is 10.6 Å². The zero-order valence-electron chi connectivity index (χ0n) is 10.2. The second-order valence-electron chi connectivity index (χ2n) is 3.50. The van der Waals surface area contributed by atoms with Gasteiger partial charge in [-0.3, -0.25) is 0 Å². The molecule has 18 heavy (non-hydrogen) atoms. The van der Waals surface area contributed by atoms with Crippen molar-refractivity contribution in [2.45, 2.75) is 6.54 Å². The monoisotopic (exact) mass is 256 g/mol. The summed E-state index contributed by atoms with van der Waals surface area (Å²) in [6.45, 7) is 1.10. The first kappa shape index (κ1) is 14.4. The van der Waals surface area contributed by atoms with Gasteiger partial charge in [0.2, 0.25) is 0 Å². The molecular formula is C12H17FN2O3. The molecule has 0 aliphatic rings. The molecule has 0 aromatic heterocycles. The van der Waals surface area contributed by atoms with E-state index in [1.165, 1.54) is 6.07 Å². The van der Waals surface area contributed by atoms with Gasteiger partial charge in [0.1, 0.15) is 12.5 Å². The Morgan fingerprint density at radius 3 is 2.78 bits per heavy atom. The first-order valence-corrected chi connectivity index (χ1v) is 5.56. The number of ether oxygens (including phenoxy) is 2. The first-order valence-electron chi connectivity index (χ1n) is 5.56. The van der Waals surface area contributed by atoms with Crippen LogP contribution in [0.15, 0.2) is 24.3 Å². The van der Waals surface area contributed by atoms with Gasteiger partial charge in [-0.1, -0.05) is 18.2 Å². The van der Waals surface area contributed by atoms with Gasteiger partial charge in [-0.2, -0.15) is 0 Å². The third kappa shape index (κ3) is 5.60. The van der Waals surface area contributed by atoms with Crippen molar-refractivity contribution in [1.29, 1.82) is 0 Å². The minimum atomic E-state index is -0.407. The van der Waals surface area contributed by atoms with E-state index in [-0.39, 0.29) is 19.1 Å². The van der Waals surface area contributed by atoms with E-state index in [0.717, 1.165) is 0 Å². The average Bonchev–Trinajstić information content (AvgIpc) is 2.37. The molecule has 0 radical (unpaired) electrons. The molecule has 0 aliphatic carbocycles. The summed E-state index contributed by atoms with van der Waals surface area (Å²) in [6, 6.07) is 5.87. The fourth-order valence-electron chi connectivity index (χ4n) is 1.21. The number of hydrogen-bond acceptors (Lipinski definition) is 3. The third-order valence-electron chi connectivity index (χ3n) is 2.16. The van der Waals surface area contributed by atoms with Gasteiger partial charge in [-0.15, -0.1) is 0 Å². The molecule has 1 rings (SSSR count). The van der Waals surface area contributed by atoms with E-state index in [9.17, 15) is 9.18 Å². The molecule has 0 saturated heterocycles. The first-order chi connectivity index (χ1) is 8.74. The lowest BCUT2D eigenvalue weighted by Crippen LogP contribution is -2.36. The van der Waals surface area contributed by atoms with Crippen LogP contribution in [0.5, 0.6) is 0 Å². The van der Waals surface area contributed by atoms with Crippen LogP contribution in [0.3, 0.4) is 0 Å². The van der Waals surface area contributed by atoms with E-state index in [0.29, 0.717) is 18.8 Å². The molecule has 0 unspecified atom stereocenters. The van der Waals surface area contributed by atoms with E-state index >= 15 is 0 Å². The number of benzene rings is 1. The molecule has 2 N–H and O–H groups in total. The standard InChI is InChI=1S/C12H17FN2O3/c1-17-6-7-18-9-15-12(16)14-8-10-4-2-3-5-11(10)13/h2-5H,6-9H2,1H3,(H2,14,15,16). The number of urea groups is 1. The Balaban J connectivity index is 2.15. The summed E-state index contributed by atoms with van der Waals surface area (Å²) in [7, 11) is 1.57. The topological polar surface area (TPSA) is 59.6 Å². The summed E-state index contributed by atoms with van der Waals surface area (Å²) >= 11 is 0. The minimum Gasteiger partial charge on any atom is -0.382 e. The number of carbonyl (C=O) groups is 1. The number of nitrogens with one attached hydrogen (secondary N) is 2. The van der Waals surface area contributed by atoms with Crippen LogP contribution in [0.1, 0.15) is 5.56 Å². The summed E-state index contributed by atoms with van der Waals surface area (Å²) in [6.07, 6.45) is 0. The Labute approximate surface area is 105 Å². The van der Waals surface area contributed by atoms with E-state index in [4.69, 9.17) is 9.47 Å². The summed E-state index contributed by atoms with van der Waals surface area (Å²) in [5.41, 5.74) is 0.438. The molecule has 0 fully saturated rings. The highest BCUT2D eigenvalue weighted by atomic mass is 19.1. The van der Waals surface area contributed by atoms with Crippen LogP contribution >= 0.6 is 0 Å². The third-order valence-corrected chi connectivity index (χ3v) is 2.16. The van der Waals surface area contributed by atoms with E-state index in [2.05, 4.69) is 10.6 Å². The lowest BCUT2D eigenvalue weighted by Gasteiger charge is -2.08. The zero-order valence-corrected chi connectivity index (χ0v) is 10.2. The maximum atomic E-state index is 13.2. The van der Waals surface area contributed by atoms with Crippen LogP contribution in [0.25, 0.3) is 0 Å². The SMILES string of the molecule is COCCOCNC(=O)NCc1ccccc1F. The molecular weight excluding hydrogens is 239 g/mol. The Morgan fingerprint density at radius 1 is 1.28 bits per heavy atom. The number of amides is 2. The molecule has 0 bridgehead atoms. The van der Waals surface area contributed by atoms with Crippen molar-refractivity contribution in [3.05, 3.63) is 35.6 Å². The van der Waals surface area contributed by atoms with Crippen LogP contribution in [-0.4, -0.2) is 33.1 Å². The minimum absolute atomic E-state index is 0.0897. The Bertz CT molecular complexity index is 374. The maximum absolute atomic E-state index is 13.2. The summed E-state index contributed by atoms with van der Waals surface area (Å²) in [4.78, 5) is 11.3. The fraction of sp³-hybridized carbons (Fsp3) is 0.417. The number of hydrogen-bond donors (Lipinski definition) is 2. The van der Waals surface area contributed by atoms with Gasteiger partial charge in [0.05, 0.1) is 13.2 Å². The number of halogens is 1. The average molecular weight is 256 g/mol. The van der Waals surface area contributed by atoms with Crippen molar-refractivity contribution in [2.24, 2.45) is 0 Å². The highest BCUT2D eigenvalue weighted by molar-refractivity contribution is 5.73. The summed E-state index contributed by atoms with van der Waals surface area (Å²) < 4.78 is 23.0. The molecule has 6 heteroatoms. The molecule has 1 aromatic rings. The predicted molar refractivity (Wildman–Crippen MR) is 64.5 cm³/mol. The molecule has 0 saturated carbocycles.